The summed E-state index contributed by atoms with van der Waals surface area (Å²) in [5.74, 6) is 0.540. The fourth-order valence-corrected chi connectivity index (χ4v) is 3.16. The highest BCUT2D eigenvalue weighted by atomic mass is 35.5. The van der Waals surface area contributed by atoms with Crippen molar-refractivity contribution in [2.75, 3.05) is 11.9 Å². The Balaban J connectivity index is 1.50. The molecule has 0 atom stereocenters. The summed E-state index contributed by atoms with van der Waals surface area (Å²) in [6, 6.07) is 21.9. The molecule has 0 aliphatic rings. The molecule has 0 aromatic heterocycles. The van der Waals surface area contributed by atoms with Crippen molar-refractivity contribution >= 4 is 35.3 Å². The number of carbonyl (C=O) groups excluding carboxylic acids is 2. The van der Waals surface area contributed by atoms with Gasteiger partial charge in [-0.25, -0.2) is 5.43 Å². The van der Waals surface area contributed by atoms with Crippen LogP contribution < -0.4 is 20.2 Å². The van der Waals surface area contributed by atoms with Crippen molar-refractivity contribution in [2.24, 2.45) is 5.10 Å². The third-order valence-corrected chi connectivity index (χ3v) is 5.02. The Morgan fingerprint density at radius 1 is 0.912 bits per heavy atom. The molecule has 0 fully saturated rings. The summed E-state index contributed by atoms with van der Waals surface area (Å²) in [5, 5.41) is 7.34. The molecular weight excluding hydrogens is 454 g/mol. The molecular formula is C26H26ClN3O4. The van der Waals surface area contributed by atoms with Crippen molar-refractivity contribution in [3.63, 3.8) is 0 Å². The summed E-state index contributed by atoms with van der Waals surface area (Å²) in [5.41, 5.74) is 4.71. The van der Waals surface area contributed by atoms with E-state index in [1.807, 2.05) is 49.4 Å². The van der Waals surface area contributed by atoms with Crippen LogP contribution >= 0.6 is 11.6 Å². The molecule has 0 aliphatic carbocycles. The predicted molar refractivity (Wildman–Crippen MR) is 133 cm³/mol. The van der Waals surface area contributed by atoms with Crippen molar-refractivity contribution in [3.05, 3.63) is 88.9 Å². The molecule has 7 nitrogen and oxygen atoms in total. The van der Waals surface area contributed by atoms with E-state index in [1.54, 1.807) is 30.3 Å². The lowest BCUT2D eigenvalue weighted by Gasteiger charge is -2.13. The average Bonchev–Trinajstić information content (AvgIpc) is 2.84. The SMILES string of the molecule is CCOc1cc(C=NNC(=O)CCC(=O)Nc2ccccc2)ccc1OCc1ccccc1Cl. The Bertz CT molecular complexity index is 1140. The van der Waals surface area contributed by atoms with Gasteiger partial charge in [-0.2, -0.15) is 5.10 Å². The van der Waals surface area contributed by atoms with Crippen LogP contribution in [0.1, 0.15) is 30.9 Å². The van der Waals surface area contributed by atoms with Crippen LogP contribution in [0.3, 0.4) is 0 Å². The van der Waals surface area contributed by atoms with E-state index in [9.17, 15) is 9.59 Å². The maximum Gasteiger partial charge on any atom is 0.240 e. The van der Waals surface area contributed by atoms with Crippen molar-refractivity contribution < 1.29 is 19.1 Å². The molecule has 0 radical (unpaired) electrons. The number of halogens is 1. The minimum Gasteiger partial charge on any atom is -0.490 e. The van der Waals surface area contributed by atoms with Gasteiger partial charge in [0.05, 0.1) is 12.8 Å². The summed E-state index contributed by atoms with van der Waals surface area (Å²) in [6.45, 7) is 2.65. The van der Waals surface area contributed by atoms with E-state index >= 15 is 0 Å². The number of anilines is 1. The minimum atomic E-state index is -0.357. The minimum absolute atomic E-state index is 0.0228. The molecule has 0 saturated heterocycles. The zero-order valence-electron chi connectivity index (χ0n) is 18.8. The Labute approximate surface area is 203 Å². The molecule has 3 aromatic carbocycles. The molecule has 3 aromatic rings. The van der Waals surface area contributed by atoms with Crippen molar-refractivity contribution in [1.82, 2.24) is 5.43 Å². The van der Waals surface area contributed by atoms with Crippen molar-refractivity contribution in [3.8, 4) is 11.5 Å². The van der Waals surface area contributed by atoms with Gasteiger partial charge < -0.3 is 14.8 Å². The molecule has 2 N–H and O–H groups in total. The van der Waals surface area contributed by atoms with E-state index in [0.29, 0.717) is 35.4 Å². The number of rotatable bonds is 11. The van der Waals surface area contributed by atoms with Gasteiger partial charge in [0.1, 0.15) is 6.61 Å². The molecule has 0 spiro atoms. The van der Waals surface area contributed by atoms with Gasteiger partial charge in [0.15, 0.2) is 11.5 Å². The molecule has 2 amide bonds. The molecule has 8 heteroatoms. The van der Waals surface area contributed by atoms with Crippen LogP contribution in [0.15, 0.2) is 77.9 Å². The standard InChI is InChI=1S/C26H26ClN3O4/c1-2-33-24-16-19(12-13-23(24)34-18-20-8-6-7-11-22(20)27)17-28-30-26(32)15-14-25(31)29-21-9-4-3-5-10-21/h3-13,16-17H,2,14-15,18H2,1H3,(H,29,31)(H,30,32). The number of hydrogen-bond acceptors (Lipinski definition) is 5. The van der Waals surface area contributed by atoms with Crippen molar-refractivity contribution in [2.45, 2.75) is 26.4 Å². The second-order valence-corrected chi connectivity index (χ2v) is 7.63. The third kappa shape index (κ3) is 7.94. The number of nitrogens with one attached hydrogen (secondary N) is 2. The first-order valence-electron chi connectivity index (χ1n) is 10.8. The Morgan fingerprint density at radius 2 is 1.65 bits per heavy atom. The lowest BCUT2D eigenvalue weighted by Crippen LogP contribution is -2.20. The largest absolute Gasteiger partial charge is 0.490 e. The molecule has 3 rings (SSSR count). The van der Waals surface area contributed by atoms with Gasteiger partial charge in [-0.1, -0.05) is 48.0 Å². The van der Waals surface area contributed by atoms with Crippen LogP contribution in [0.4, 0.5) is 5.69 Å². The molecule has 34 heavy (non-hydrogen) atoms. The van der Waals surface area contributed by atoms with Gasteiger partial charge in [-0.05, 0) is 48.9 Å². The van der Waals surface area contributed by atoms with E-state index in [1.165, 1.54) is 6.21 Å². The molecule has 176 valence electrons. The summed E-state index contributed by atoms with van der Waals surface area (Å²) in [7, 11) is 0. The van der Waals surface area contributed by atoms with Gasteiger partial charge in [0.2, 0.25) is 11.8 Å². The highest BCUT2D eigenvalue weighted by molar-refractivity contribution is 6.31. The lowest BCUT2D eigenvalue weighted by atomic mass is 10.2. The van der Waals surface area contributed by atoms with Gasteiger partial charge in [-0.3, -0.25) is 9.59 Å². The summed E-state index contributed by atoms with van der Waals surface area (Å²) < 4.78 is 11.6. The van der Waals surface area contributed by atoms with Crippen LogP contribution in [0.25, 0.3) is 0 Å². The number of carbonyl (C=O) groups is 2. The highest BCUT2D eigenvalue weighted by Gasteiger charge is 2.09. The van der Waals surface area contributed by atoms with E-state index in [4.69, 9.17) is 21.1 Å². The number of nitrogens with zero attached hydrogens (tertiary/aromatic N) is 1. The van der Waals surface area contributed by atoms with E-state index < -0.39 is 0 Å². The number of amides is 2. The number of hydrazone groups is 1. The number of benzene rings is 3. The topological polar surface area (TPSA) is 89.0 Å². The first-order valence-corrected chi connectivity index (χ1v) is 11.2. The third-order valence-electron chi connectivity index (χ3n) is 4.65. The molecule has 0 saturated carbocycles. The van der Waals surface area contributed by atoms with Gasteiger partial charge in [0, 0.05) is 29.1 Å². The smallest absolute Gasteiger partial charge is 0.240 e. The van der Waals surface area contributed by atoms with Gasteiger partial charge in [0.25, 0.3) is 0 Å². The molecule has 0 bridgehead atoms. The number of ether oxygens (including phenoxy) is 2. The fraction of sp³-hybridized carbons (Fsp3) is 0.192. The van der Waals surface area contributed by atoms with Gasteiger partial charge >= 0.3 is 0 Å². The predicted octanol–water partition coefficient (Wildman–Crippen LogP) is 5.19. The van der Waals surface area contributed by atoms with Gasteiger partial charge in [-0.15, -0.1) is 0 Å². The second-order valence-electron chi connectivity index (χ2n) is 7.23. The Kier molecular flexibility index (Phi) is 9.49. The molecule has 0 heterocycles. The first kappa shape index (κ1) is 24.8. The Hall–Kier alpha value is -3.84. The number of hydrogen-bond donors (Lipinski definition) is 2. The normalized spacial score (nSPS) is 10.6. The maximum atomic E-state index is 12.0. The second kappa shape index (κ2) is 13.0. The van der Waals surface area contributed by atoms with Crippen LogP contribution in [-0.4, -0.2) is 24.6 Å². The maximum absolute atomic E-state index is 12.0. The zero-order valence-corrected chi connectivity index (χ0v) is 19.5. The average molecular weight is 480 g/mol. The lowest BCUT2D eigenvalue weighted by molar-refractivity contribution is -0.124. The summed E-state index contributed by atoms with van der Waals surface area (Å²) >= 11 is 6.19. The highest BCUT2D eigenvalue weighted by Crippen LogP contribution is 2.29. The van der Waals surface area contributed by atoms with Crippen LogP contribution in [0, 0.1) is 0 Å². The Morgan fingerprint density at radius 3 is 2.41 bits per heavy atom. The molecule has 0 unspecified atom stereocenters. The van der Waals surface area contributed by atoms with Crippen LogP contribution in [0.2, 0.25) is 5.02 Å². The number of para-hydroxylation sites is 1. The van der Waals surface area contributed by atoms with Crippen LogP contribution in [-0.2, 0) is 16.2 Å². The summed E-state index contributed by atoms with van der Waals surface area (Å²) in [6.07, 6.45) is 1.58. The fourth-order valence-electron chi connectivity index (χ4n) is 2.97. The monoisotopic (exact) mass is 479 g/mol. The van der Waals surface area contributed by atoms with E-state index in [2.05, 4.69) is 15.8 Å². The summed E-state index contributed by atoms with van der Waals surface area (Å²) in [4.78, 5) is 23.9. The first-order chi connectivity index (χ1) is 16.5. The van der Waals surface area contributed by atoms with E-state index in [0.717, 1.165) is 11.1 Å². The molecule has 0 aliphatic heterocycles. The quantitative estimate of drug-likeness (QED) is 0.292. The van der Waals surface area contributed by atoms with E-state index in [-0.39, 0.29) is 24.7 Å². The zero-order chi connectivity index (χ0) is 24.2. The van der Waals surface area contributed by atoms with Crippen LogP contribution in [0.5, 0.6) is 11.5 Å². The van der Waals surface area contributed by atoms with Crippen molar-refractivity contribution in [1.29, 1.82) is 0 Å².